The number of fused-ring (bicyclic) bond motifs is 4. The van der Waals surface area contributed by atoms with Crippen molar-refractivity contribution in [3.05, 3.63) is 58.1 Å². The average molecular weight is 498 g/mol. The Labute approximate surface area is 194 Å². The number of amides is 2. The van der Waals surface area contributed by atoms with E-state index in [-0.39, 0.29) is 17.9 Å². The molecule has 2 amide bonds. The first-order chi connectivity index (χ1) is 15.4. The summed E-state index contributed by atoms with van der Waals surface area (Å²) >= 11 is 3.53. The highest BCUT2D eigenvalue weighted by molar-refractivity contribution is 9.10. The molecule has 2 aromatic carbocycles. The number of esters is 1. The van der Waals surface area contributed by atoms with Gasteiger partial charge in [0.2, 0.25) is 11.8 Å². The first-order valence-corrected chi connectivity index (χ1v) is 11.7. The van der Waals surface area contributed by atoms with Gasteiger partial charge in [-0.05, 0) is 75.2 Å². The summed E-state index contributed by atoms with van der Waals surface area (Å²) in [4.78, 5) is 41.1. The topological polar surface area (TPSA) is 87.7 Å². The van der Waals surface area contributed by atoms with Crippen molar-refractivity contribution in [2.45, 2.75) is 37.8 Å². The Balaban J connectivity index is 1.47. The van der Waals surface area contributed by atoms with Gasteiger partial charge in [0.15, 0.2) is 0 Å². The molecule has 0 aliphatic carbocycles. The summed E-state index contributed by atoms with van der Waals surface area (Å²) in [6, 6.07) is 12.6. The molecule has 0 radical (unpaired) electrons. The van der Waals surface area contributed by atoms with Crippen LogP contribution in [0.25, 0.3) is 0 Å². The summed E-state index contributed by atoms with van der Waals surface area (Å²) in [7, 11) is 0. The van der Waals surface area contributed by atoms with Gasteiger partial charge in [0.1, 0.15) is 5.54 Å². The Morgan fingerprint density at radius 3 is 2.78 bits per heavy atom. The van der Waals surface area contributed by atoms with E-state index in [9.17, 15) is 14.4 Å². The van der Waals surface area contributed by atoms with E-state index in [0.29, 0.717) is 24.3 Å². The van der Waals surface area contributed by atoms with Crippen LogP contribution in [0.3, 0.4) is 0 Å². The molecule has 3 atom stereocenters. The molecule has 3 aliphatic rings. The molecule has 3 aliphatic heterocycles. The lowest BCUT2D eigenvalue weighted by Gasteiger charge is -2.36. The summed E-state index contributed by atoms with van der Waals surface area (Å²) in [5.74, 6) is -1.24. The fourth-order valence-corrected chi connectivity index (χ4v) is 5.89. The molecule has 32 heavy (non-hydrogen) atoms. The second-order valence-corrected chi connectivity index (χ2v) is 9.39. The monoisotopic (exact) mass is 497 g/mol. The number of hydrogen-bond acceptors (Lipinski definition) is 5. The first-order valence-electron chi connectivity index (χ1n) is 10.9. The van der Waals surface area contributed by atoms with Crippen LogP contribution < -0.4 is 10.6 Å². The maximum atomic E-state index is 13.5. The Bertz CT molecular complexity index is 1100. The van der Waals surface area contributed by atoms with E-state index in [1.54, 1.807) is 31.2 Å². The first kappa shape index (κ1) is 21.2. The zero-order valence-electron chi connectivity index (χ0n) is 17.7. The molecule has 166 valence electrons. The predicted molar refractivity (Wildman–Crippen MR) is 123 cm³/mol. The molecule has 0 bridgehead atoms. The van der Waals surface area contributed by atoms with Crippen molar-refractivity contribution in [1.29, 1.82) is 0 Å². The zero-order chi connectivity index (χ0) is 22.5. The third-order valence-electron chi connectivity index (χ3n) is 6.81. The van der Waals surface area contributed by atoms with Crippen LogP contribution in [0, 0.1) is 5.92 Å². The number of anilines is 2. The summed E-state index contributed by atoms with van der Waals surface area (Å²) in [6.07, 6.45) is 2.63. The van der Waals surface area contributed by atoms with Crippen LogP contribution in [0.4, 0.5) is 11.4 Å². The van der Waals surface area contributed by atoms with Crippen molar-refractivity contribution in [2.75, 3.05) is 23.8 Å². The molecule has 7 nitrogen and oxygen atoms in total. The molecule has 0 aromatic heterocycles. The Kier molecular flexibility index (Phi) is 5.29. The molecule has 8 heteroatoms. The van der Waals surface area contributed by atoms with Gasteiger partial charge < -0.3 is 15.4 Å². The van der Waals surface area contributed by atoms with Crippen LogP contribution in [-0.4, -0.2) is 41.9 Å². The molecule has 3 heterocycles. The molecule has 0 saturated carbocycles. The maximum absolute atomic E-state index is 13.5. The predicted octanol–water partition coefficient (Wildman–Crippen LogP) is 3.90. The van der Waals surface area contributed by atoms with Crippen molar-refractivity contribution in [3.8, 4) is 0 Å². The third-order valence-corrected chi connectivity index (χ3v) is 7.30. The highest BCUT2D eigenvalue weighted by Crippen LogP contribution is 2.55. The van der Waals surface area contributed by atoms with Crippen molar-refractivity contribution >= 4 is 45.1 Å². The molecular formula is C24H24BrN3O4. The van der Waals surface area contributed by atoms with Gasteiger partial charge in [0.05, 0.1) is 18.1 Å². The van der Waals surface area contributed by atoms with Crippen molar-refractivity contribution in [2.24, 2.45) is 5.92 Å². The molecular weight excluding hydrogens is 474 g/mol. The largest absolute Gasteiger partial charge is 0.462 e. The lowest BCUT2D eigenvalue weighted by Crippen LogP contribution is -2.53. The van der Waals surface area contributed by atoms with Gasteiger partial charge in [-0.25, -0.2) is 4.79 Å². The Hall–Kier alpha value is -2.71. The standard InChI is InChI=1S/C24H24BrN3O4/c1-2-32-22(30)14-5-8-16(9-6-14)26-21(29)19-13-17-4-3-11-28(17)24(19)18-12-15(25)7-10-20(18)27-23(24)31/h5-10,12,17,19H,2-4,11,13H2,1H3,(H,26,29)(H,27,31)/t17-,19+,24-/m0/s1. The number of nitrogens with one attached hydrogen (secondary N) is 2. The number of carbonyl (C=O) groups is 3. The van der Waals surface area contributed by atoms with Crippen molar-refractivity contribution in [1.82, 2.24) is 4.90 Å². The highest BCUT2D eigenvalue weighted by Gasteiger charge is 2.65. The minimum Gasteiger partial charge on any atom is -0.462 e. The number of benzene rings is 2. The molecule has 1 spiro atoms. The number of halogens is 1. The molecule has 2 aromatic rings. The van der Waals surface area contributed by atoms with Gasteiger partial charge in [-0.3, -0.25) is 14.5 Å². The molecule has 2 fully saturated rings. The summed E-state index contributed by atoms with van der Waals surface area (Å²) in [5, 5.41) is 6.00. The fourth-order valence-electron chi connectivity index (χ4n) is 5.53. The third kappa shape index (κ3) is 3.16. The van der Waals surface area contributed by atoms with E-state index < -0.39 is 17.4 Å². The smallest absolute Gasteiger partial charge is 0.338 e. The normalized spacial score (nSPS) is 26.0. The van der Waals surface area contributed by atoms with Gasteiger partial charge in [0.25, 0.3) is 0 Å². The minimum atomic E-state index is -1.00. The number of nitrogens with zero attached hydrogens (tertiary/aromatic N) is 1. The van der Waals surface area contributed by atoms with Gasteiger partial charge in [-0.1, -0.05) is 15.9 Å². The number of hydrogen-bond donors (Lipinski definition) is 2. The summed E-state index contributed by atoms with van der Waals surface area (Å²) in [5.41, 5.74) is 1.63. The van der Waals surface area contributed by atoms with Crippen LogP contribution in [-0.2, 0) is 19.9 Å². The molecule has 2 N–H and O–H groups in total. The number of rotatable bonds is 4. The van der Waals surface area contributed by atoms with Crippen LogP contribution >= 0.6 is 15.9 Å². The Morgan fingerprint density at radius 2 is 2.03 bits per heavy atom. The molecule has 2 saturated heterocycles. The summed E-state index contributed by atoms with van der Waals surface area (Å²) < 4.78 is 5.89. The average Bonchev–Trinajstić information content (AvgIpc) is 3.43. The lowest BCUT2D eigenvalue weighted by atomic mass is 9.78. The van der Waals surface area contributed by atoms with Gasteiger partial charge >= 0.3 is 5.97 Å². The number of ether oxygens (including phenoxy) is 1. The van der Waals surface area contributed by atoms with E-state index in [2.05, 4.69) is 31.5 Å². The fraction of sp³-hybridized carbons (Fsp3) is 0.375. The quantitative estimate of drug-likeness (QED) is 0.625. The minimum absolute atomic E-state index is 0.132. The van der Waals surface area contributed by atoms with Gasteiger partial charge in [-0.2, -0.15) is 0 Å². The van der Waals surface area contributed by atoms with E-state index in [1.165, 1.54) is 0 Å². The molecule has 5 rings (SSSR count). The Morgan fingerprint density at radius 1 is 1.25 bits per heavy atom. The highest BCUT2D eigenvalue weighted by atomic mass is 79.9. The van der Waals surface area contributed by atoms with Crippen LogP contribution in [0.15, 0.2) is 46.9 Å². The number of carbonyl (C=O) groups excluding carboxylic acids is 3. The SMILES string of the molecule is CCOC(=O)c1ccc(NC(=O)[C@H]2C[C@@H]3CCCN3[C@]23C(=O)Nc2ccc(Br)cc23)cc1. The van der Waals surface area contributed by atoms with E-state index in [4.69, 9.17) is 4.74 Å². The van der Waals surface area contributed by atoms with Crippen LogP contribution in [0.2, 0.25) is 0 Å². The molecule has 0 unspecified atom stereocenters. The van der Waals surface area contributed by atoms with E-state index >= 15 is 0 Å². The maximum Gasteiger partial charge on any atom is 0.338 e. The van der Waals surface area contributed by atoms with Gasteiger partial charge in [0, 0.05) is 27.5 Å². The van der Waals surface area contributed by atoms with Crippen molar-refractivity contribution in [3.63, 3.8) is 0 Å². The van der Waals surface area contributed by atoms with Gasteiger partial charge in [-0.15, -0.1) is 0 Å². The van der Waals surface area contributed by atoms with E-state index in [1.807, 2.05) is 18.2 Å². The second kappa shape index (κ2) is 8.01. The summed E-state index contributed by atoms with van der Waals surface area (Å²) in [6.45, 7) is 2.85. The van der Waals surface area contributed by atoms with Crippen LogP contribution in [0.5, 0.6) is 0 Å². The zero-order valence-corrected chi connectivity index (χ0v) is 19.3. The van der Waals surface area contributed by atoms with Crippen LogP contribution in [0.1, 0.15) is 42.1 Å². The second-order valence-electron chi connectivity index (χ2n) is 8.48. The van der Waals surface area contributed by atoms with E-state index in [0.717, 1.165) is 35.1 Å². The lowest BCUT2D eigenvalue weighted by molar-refractivity contribution is -0.135. The van der Waals surface area contributed by atoms with Crippen molar-refractivity contribution < 1.29 is 19.1 Å².